The number of carbonyl (C=O) groups excluding carboxylic acids is 2. The molecule has 0 aliphatic heterocycles. The second-order valence-electron chi connectivity index (χ2n) is 3.69. The van der Waals surface area contributed by atoms with Crippen LogP contribution in [0.2, 0.25) is 0 Å². The van der Waals surface area contributed by atoms with E-state index in [1.807, 2.05) is 26.0 Å². The van der Waals surface area contributed by atoms with Crippen molar-refractivity contribution in [2.24, 2.45) is 17.3 Å². The van der Waals surface area contributed by atoms with Gasteiger partial charge in [-0.15, -0.1) is 0 Å². The summed E-state index contributed by atoms with van der Waals surface area (Å²) < 4.78 is 9.35. The molecule has 1 aliphatic carbocycles. The van der Waals surface area contributed by atoms with Crippen molar-refractivity contribution in [2.45, 2.75) is 13.8 Å². The highest BCUT2D eigenvalue weighted by molar-refractivity contribution is 6.04. The number of hydrogen-bond acceptors (Lipinski definition) is 4. The summed E-state index contributed by atoms with van der Waals surface area (Å²) in [5, 5.41) is 0. The van der Waals surface area contributed by atoms with E-state index in [9.17, 15) is 9.59 Å². The number of methoxy groups -OCH3 is 2. The lowest BCUT2D eigenvalue weighted by molar-refractivity contribution is -0.162. The molecule has 1 rings (SSSR count). The number of hydrogen-bond donors (Lipinski definition) is 0. The summed E-state index contributed by atoms with van der Waals surface area (Å²) in [6.07, 6.45) is 3.67. The highest BCUT2D eigenvalue weighted by atomic mass is 16.5. The fourth-order valence-electron chi connectivity index (χ4n) is 2.19. The van der Waals surface area contributed by atoms with Gasteiger partial charge in [0.25, 0.3) is 0 Å². The molecule has 0 heterocycles. The predicted octanol–water partition coefficient (Wildman–Crippen LogP) is 1.16. The lowest BCUT2D eigenvalue weighted by Crippen LogP contribution is -2.31. The highest BCUT2D eigenvalue weighted by Crippen LogP contribution is 2.60. The van der Waals surface area contributed by atoms with Crippen LogP contribution in [0.15, 0.2) is 12.2 Å². The molecule has 4 nitrogen and oxygen atoms in total. The molecule has 0 saturated heterocycles. The second-order valence-corrected chi connectivity index (χ2v) is 3.69. The third-order valence-corrected chi connectivity index (χ3v) is 3.12. The second kappa shape index (κ2) is 4.04. The van der Waals surface area contributed by atoms with Gasteiger partial charge in [0.2, 0.25) is 0 Å². The van der Waals surface area contributed by atoms with Gasteiger partial charge in [-0.1, -0.05) is 19.1 Å². The number of rotatable bonds is 3. The van der Waals surface area contributed by atoms with Crippen molar-refractivity contribution in [3.05, 3.63) is 12.2 Å². The van der Waals surface area contributed by atoms with Crippen LogP contribution < -0.4 is 0 Å². The Morgan fingerprint density at radius 3 is 2.00 bits per heavy atom. The fourth-order valence-corrected chi connectivity index (χ4v) is 2.19. The molecule has 0 spiro atoms. The quantitative estimate of drug-likeness (QED) is 0.400. The van der Waals surface area contributed by atoms with Crippen molar-refractivity contribution in [1.82, 2.24) is 0 Å². The van der Waals surface area contributed by atoms with Crippen molar-refractivity contribution in [3.8, 4) is 0 Å². The van der Waals surface area contributed by atoms with Gasteiger partial charge in [-0.05, 0) is 12.8 Å². The maximum atomic E-state index is 11.6. The Bertz CT molecular complexity index is 290. The van der Waals surface area contributed by atoms with Crippen LogP contribution in [0.3, 0.4) is 0 Å². The number of allylic oxidation sites excluding steroid dienone is 2. The first kappa shape index (κ1) is 11.8. The molecular weight excluding hydrogens is 196 g/mol. The molecule has 0 aromatic heterocycles. The number of ether oxygens (including phenoxy) is 2. The van der Waals surface area contributed by atoms with Gasteiger partial charge in [-0.25, -0.2) is 0 Å². The SMILES string of the molecule is C/C=C/[C@@H]1[C@@H](C)C1(C(=O)OC)C(=O)OC. The van der Waals surface area contributed by atoms with E-state index in [-0.39, 0.29) is 11.8 Å². The summed E-state index contributed by atoms with van der Waals surface area (Å²) in [6.45, 7) is 3.70. The zero-order valence-electron chi connectivity index (χ0n) is 9.44. The Morgan fingerprint density at radius 1 is 1.20 bits per heavy atom. The van der Waals surface area contributed by atoms with Crippen LogP contribution in [-0.2, 0) is 19.1 Å². The van der Waals surface area contributed by atoms with Crippen molar-refractivity contribution >= 4 is 11.9 Å². The van der Waals surface area contributed by atoms with E-state index in [4.69, 9.17) is 0 Å². The molecule has 15 heavy (non-hydrogen) atoms. The average molecular weight is 212 g/mol. The van der Waals surface area contributed by atoms with Crippen LogP contribution in [0.5, 0.6) is 0 Å². The molecule has 0 unspecified atom stereocenters. The fraction of sp³-hybridized carbons (Fsp3) is 0.636. The van der Waals surface area contributed by atoms with Crippen LogP contribution in [0, 0.1) is 17.3 Å². The van der Waals surface area contributed by atoms with Crippen LogP contribution >= 0.6 is 0 Å². The molecule has 1 saturated carbocycles. The molecule has 0 amide bonds. The van der Waals surface area contributed by atoms with Gasteiger partial charge in [0, 0.05) is 5.92 Å². The third kappa shape index (κ3) is 1.44. The van der Waals surface area contributed by atoms with Crippen molar-refractivity contribution in [1.29, 1.82) is 0 Å². The molecule has 1 fully saturated rings. The normalized spacial score (nSPS) is 27.5. The molecule has 0 bridgehead atoms. The van der Waals surface area contributed by atoms with E-state index in [1.54, 1.807) is 0 Å². The van der Waals surface area contributed by atoms with E-state index >= 15 is 0 Å². The first-order valence-electron chi connectivity index (χ1n) is 4.87. The molecule has 0 aromatic rings. The number of carbonyl (C=O) groups is 2. The molecule has 2 atom stereocenters. The average Bonchev–Trinajstić information content (AvgIpc) is 2.83. The van der Waals surface area contributed by atoms with Gasteiger partial charge < -0.3 is 9.47 Å². The van der Waals surface area contributed by atoms with Crippen molar-refractivity contribution in [2.75, 3.05) is 14.2 Å². The van der Waals surface area contributed by atoms with Gasteiger partial charge >= 0.3 is 11.9 Å². The minimum absolute atomic E-state index is 0.0615. The monoisotopic (exact) mass is 212 g/mol. The minimum atomic E-state index is -1.12. The summed E-state index contributed by atoms with van der Waals surface area (Å²) in [6, 6.07) is 0. The molecule has 0 radical (unpaired) electrons. The summed E-state index contributed by atoms with van der Waals surface area (Å²) >= 11 is 0. The molecule has 4 heteroatoms. The zero-order valence-corrected chi connectivity index (χ0v) is 9.44. The Hall–Kier alpha value is -1.32. The zero-order chi connectivity index (χ0) is 11.6. The highest BCUT2D eigenvalue weighted by Gasteiger charge is 2.73. The Balaban J connectivity index is 3.02. The Labute approximate surface area is 89.2 Å². The summed E-state index contributed by atoms with van der Waals surface area (Å²) in [4.78, 5) is 23.3. The first-order chi connectivity index (χ1) is 7.07. The molecular formula is C11H16O4. The van der Waals surface area contributed by atoms with E-state index < -0.39 is 17.4 Å². The van der Waals surface area contributed by atoms with Crippen LogP contribution in [-0.4, -0.2) is 26.2 Å². The van der Waals surface area contributed by atoms with Crippen LogP contribution in [0.25, 0.3) is 0 Å². The van der Waals surface area contributed by atoms with Crippen LogP contribution in [0.1, 0.15) is 13.8 Å². The topological polar surface area (TPSA) is 52.6 Å². The third-order valence-electron chi connectivity index (χ3n) is 3.12. The Morgan fingerprint density at radius 2 is 1.67 bits per heavy atom. The van der Waals surface area contributed by atoms with E-state index in [0.717, 1.165) is 0 Å². The summed E-state index contributed by atoms with van der Waals surface area (Å²) in [7, 11) is 2.57. The summed E-state index contributed by atoms with van der Waals surface area (Å²) in [5.41, 5.74) is -1.12. The number of esters is 2. The van der Waals surface area contributed by atoms with E-state index in [0.29, 0.717) is 0 Å². The standard InChI is InChI=1S/C11H16O4/c1-5-6-8-7(2)11(8,9(12)14-3)10(13)15-4/h5-8H,1-4H3/b6-5+/t7-,8-/m1/s1. The molecule has 1 aliphatic rings. The van der Waals surface area contributed by atoms with E-state index in [1.165, 1.54) is 14.2 Å². The maximum Gasteiger partial charge on any atom is 0.324 e. The van der Waals surface area contributed by atoms with Crippen LogP contribution in [0.4, 0.5) is 0 Å². The Kier molecular flexibility index (Phi) is 3.17. The van der Waals surface area contributed by atoms with Gasteiger partial charge in [-0.2, -0.15) is 0 Å². The minimum Gasteiger partial charge on any atom is -0.468 e. The smallest absolute Gasteiger partial charge is 0.324 e. The molecule has 0 N–H and O–H groups in total. The van der Waals surface area contributed by atoms with E-state index in [2.05, 4.69) is 9.47 Å². The van der Waals surface area contributed by atoms with Crippen molar-refractivity contribution in [3.63, 3.8) is 0 Å². The molecule has 84 valence electrons. The molecule has 0 aromatic carbocycles. The first-order valence-corrected chi connectivity index (χ1v) is 4.87. The lowest BCUT2D eigenvalue weighted by atomic mass is 10.0. The van der Waals surface area contributed by atoms with Gasteiger partial charge in [0.05, 0.1) is 14.2 Å². The summed E-state index contributed by atoms with van der Waals surface area (Å²) in [5.74, 6) is -1.19. The van der Waals surface area contributed by atoms with Crippen molar-refractivity contribution < 1.29 is 19.1 Å². The lowest BCUT2D eigenvalue weighted by Gasteiger charge is -2.11. The largest absolute Gasteiger partial charge is 0.468 e. The predicted molar refractivity (Wildman–Crippen MR) is 53.9 cm³/mol. The van der Waals surface area contributed by atoms with Gasteiger partial charge in [-0.3, -0.25) is 9.59 Å². The maximum absolute atomic E-state index is 11.6. The van der Waals surface area contributed by atoms with Gasteiger partial charge in [0.15, 0.2) is 5.41 Å². The van der Waals surface area contributed by atoms with Gasteiger partial charge in [0.1, 0.15) is 0 Å².